The highest BCUT2D eigenvalue weighted by Gasteiger charge is 2.30. The first-order valence-corrected chi connectivity index (χ1v) is 6.85. The molecule has 4 N–H and O–H groups in total. The number of carbonyl (C=O) groups is 2. The van der Waals surface area contributed by atoms with Crippen LogP contribution in [0.2, 0.25) is 0 Å². The van der Waals surface area contributed by atoms with Crippen LogP contribution in [-0.4, -0.2) is 29.8 Å². The van der Waals surface area contributed by atoms with E-state index in [-0.39, 0.29) is 11.9 Å². The van der Waals surface area contributed by atoms with Gasteiger partial charge >= 0.3 is 0 Å². The van der Waals surface area contributed by atoms with Crippen LogP contribution in [-0.2, 0) is 11.3 Å². The van der Waals surface area contributed by atoms with Crippen molar-refractivity contribution in [3.63, 3.8) is 0 Å². The third kappa shape index (κ3) is 3.81. The van der Waals surface area contributed by atoms with E-state index in [0.717, 1.165) is 18.4 Å². The third-order valence-electron chi connectivity index (χ3n) is 3.72. The fourth-order valence-electron chi connectivity index (χ4n) is 2.18. The minimum absolute atomic E-state index is 0.0119. The molecule has 20 heavy (non-hydrogen) atoms. The van der Waals surface area contributed by atoms with E-state index in [1.54, 1.807) is 24.1 Å². The van der Waals surface area contributed by atoms with E-state index in [1.807, 2.05) is 12.1 Å². The van der Waals surface area contributed by atoms with Crippen molar-refractivity contribution >= 4 is 11.8 Å². The molecule has 0 bridgehead atoms. The Bertz CT molecular complexity index is 494. The molecule has 0 aromatic heterocycles. The van der Waals surface area contributed by atoms with Crippen molar-refractivity contribution in [1.29, 1.82) is 0 Å². The van der Waals surface area contributed by atoms with Crippen LogP contribution in [0.25, 0.3) is 0 Å². The van der Waals surface area contributed by atoms with Gasteiger partial charge in [-0.1, -0.05) is 12.1 Å². The SMILES string of the molecule is CN(Cc1ccc(C(N)=O)cc1)C(=O)CC(N)C1CC1. The van der Waals surface area contributed by atoms with Gasteiger partial charge in [0, 0.05) is 31.6 Å². The normalized spacial score (nSPS) is 15.7. The first kappa shape index (κ1) is 14.5. The number of carbonyl (C=O) groups excluding carboxylic acids is 2. The number of hydrogen-bond donors (Lipinski definition) is 2. The highest BCUT2D eigenvalue weighted by molar-refractivity contribution is 5.92. The van der Waals surface area contributed by atoms with Gasteiger partial charge in [-0.3, -0.25) is 9.59 Å². The summed E-state index contributed by atoms with van der Waals surface area (Å²) < 4.78 is 0. The molecule has 1 aromatic carbocycles. The van der Waals surface area contributed by atoms with Gasteiger partial charge in [-0.2, -0.15) is 0 Å². The second kappa shape index (κ2) is 6.05. The molecule has 0 spiro atoms. The zero-order chi connectivity index (χ0) is 14.7. The Kier molecular flexibility index (Phi) is 4.39. The molecular weight excluding hydrogens is 254 g/mol. The average molecular weight is 275 g/mol. The van der Waals surface area contributed by atoms with Crippen molar-refractivity contribution in [3.8, 4) is 0 Å². The minimum atomic E-state index is -0.448. The summed E-state index contributed by atoms with van der Waals surface area (Å²) in [5.74, 6) is 0.141. The van der Waals surface area contributed by atoms with Crippen molar-refractivity contribution in [1.82, 2.24) is 4.90 Å². The van der Waals surface area contributed by atoms with Gasteiger partial charge in [0.2, 0.25) is 11.8 Å². The number of amides is 2. The van der Waals surface area contributed by atoms with Gasteiger partial charge < -0.3 is 16.4 Å². The molecule has 1 unspecified atom stereocenters. The van der Waals surface area contributed by atoms with Crippen molar-refractivity contribution in [2.45, 2.75) is 31.8 Å². The van der Waals surface area contributed by atoms with Crippen LogP contribution < -0.4 is 11.5 Å². The van der Waals surface area contributed by atoms with Crippen LogP contribution in [0.1, 0.15) is 35.2 Å². The molecule has 1 saturated carbocycles. The lowest BCUT2D eigenvalue weighted by Gasteiger charge is -2.19. The molecule has 1 aromatic rings. The molecular formula is C15H21N3O2. The van der Waals surface area contributed by atoms with E-state index in [2.05, 4.69) is 0 Å². The van der Waals surface area contributed by atoms with Gasteiger partial charge in [0.15, 0.2) is 0 Å². The number of benzene rings is 1. The van der Waals surface area contributed by atoms with Crippen LogP contribution in [0.3, 0.4) is 0 Å². The van der Waals surface area contributed by atoms with E-state index in [0.29, 0.717) is 24.4 Å². The molecule has 2 amide bonds. The van der Waals surface area contributed by atoms with Gasteiger partial charge in [0.1, 0.15) is 0 Å². The quantitative estimate of drug-likeness (QED) is 0.807. The number of nitrogens with two attached hydrogens (primary N) is 2. The monoisotopic (exact) mass is 275 g/mol. The largest absolute Gasteiger partial charge is 0.366 e. The van der Waals surface area contributed by atoms with Gasteiger partial charge in [-0.15, -0.1) is 0 Å². The number of hydrogen-bond acceptors (Lipinski definition) is 3. The number of primary amides is 1. The molecule has 1 aliphatic carbocycles. The molecule has 1 fully saturated rings. The molecule has 108 valence electrons. The van der Waals surface area contributed by atoms with Crippen LogP contribution in [0.15, 0.2) is 24.3 Å². The van der Waals surface area contributed by atoms with E-state index < -0.39 is 5.91 Å². The Morgan fingerprint density at radius 2 is 1.90 bits per heavy atom. The first-order chi connectivity index (χ1) is 9.47. The maximum Gasteiger partial charge on any atom is 0.248 e. The summed E-state index contributed by atoms with van der Waals surface area (Å²) in [6, 6.07) is 6.95. The zero-order valence-corrected chi connectivity index (χ0v) is 11.7. The van der Waals surface area contributed by atoms with Crippen LogP contribution >= 0.6 is 0 Å². The highest BCUT2D eigenvalue weighted by Crippen LogP contribution is 2.32. The summed E-state index contributed by atoms with van der Waals surface area (Å²) in [6.07, 6.45) is 2.69. The predicted octanol–water partition coefficient (Wildman–Crippen LogP) is 0.871. The van der Waals surface area contributed by atoms with Crippen molar-refractivity contribution in [3.05, 3.63) is 35.4 Å². The van der Waals surface area contributed by atoms with Gasteiger partial charge in [0.25, 0.3) is 0 Å². The lowest BCUT2D eigenvalue weighted by Crippen LogP contribution is -2.34. The molecule has 1 atom stereocenters. The maximum absolute atomic E-state index is 12.0. The van der Waals surface area contributed by atoms with E-state index in [1.165, 1.54) is 0 Å². The lowest BCUT2D eigenvalue weighted by atomic mass is 10.1. The fourth-order valence-corrected chi connectivity index (χ4v) is 2.18. The van der Waals surface area contributed by atoms with Crippen molar-refractivity contribution in [2.24, 2.45) is 17.4 Å². The Morgan fingerprint density at radius 3 is 2.40 bits per heavy atom. The summed E-state index contributed by atoms with van der Waals surface area (Å²) >= 11 is 0. The molecule has 0 heterocycles. The third-order valence-corrected chi connectivity index (χ3v) is 3.72. The summed E-state index contributed by atoms with van der Waals surface area (Å²) in [6.45, 7) is 0.509. The van der Waals surface area contributed by atoms with E-state index in [4.69, 9.17) is 11.5 Å². The van der Waals surface area contributed by atoms with E-state index in [9.17, 15) is 9.59 Å². The van der Waals surface area contributed by atoms with Gasteiger partial charge in [-0.25, -0.2) is 0 Å². The fraction of sp³-hybridized carbons (Fsp3) is 0.467. The van der Waals surface area contributed by atoms with Crippen molar-refractivity contribution < 1.29 is 9.59 Å². The standard InChI is InChI=1S/C15H21N3O2/c1-18(14(19)8-13(16)11-6-7-11)9-10-2-4-12(5-3-10)15(17)20/h2-5,11,13H,6-9,16H2,1H3,(H2,17,20). The second-order valence-electron chi connectivity index (χ2n) is 5.52. The average Bonchev–Trinajstić information content (AvgIpc) is 3.23. The molecule has 5 nitrogen and oxygen atoms in total. The molecule has 0 radical (unpaired) electrons. The molecule has 2 rings (SSSR count). The van der Waals surface area contributed by atoms with Crippen molar-refractivity contribution in [2.75, 3.05) is 7.05 Å². The molecule has 5 heteroatoms. The Balaban J connectivity index is 1.87. The molecule has 1 aliphatic rings. The lowest BCUT2D eigenvalue weighted by molar-refractivity contribution is -0.130. The Hall–Kier alpha value is -1.88. The van der Waals surface area contributed by atoms with Crippen LogP contribution in [0, 0.1) is 5.92 Å². The van der Waals surface area contributed by atoms with E-state index >= 15 is 0 Å². The molecule has 0 saturated heterocycles. The maximum atomic E-state index is 12.0. The second-order valence-corrected chi connectivity index (χ2v) is 5.52. The zero-order valence-electron chi connectivity index (χ0n) is 11.7. The van der Waals surface area contributed by atoms with Crippen LogP contribution in [0.5, 0.6) is 0 Å². The smallest absolute Gasteiger partial charge is 0.248 e. The molecule has 0 aliphatic heterocycles. The van der Waals surface area contributed by atoms with Crippen LogP contribution in [0.4, 0.5) is 0 Å². The predicted molar refractivity (Wildman–Crippen MR) is 76.8 cm³/mol. The number of rotatable bonds is 6. The topological polar surface area (TPSA) is 89.4 Å². The number of nitrogens with zero attached hydrogens (tertiary/aromatic N) is 1. The minimum Gasteiger partial charge on any atom is -0.366 e. The summed E-state index contributed by atoms with van der Waals surface area (Å²) in [4.78, 5) is 24.7. The summed E-state index contributed by atoms with van der Waals surface area (Å²) in [5.41, 5.74) is 12.6. The summed E-state index contributed by atoms with van der Waals surface area (Å²) in [5, 5.41) is 0. The van der Waals surface area contributed by atoms with Gasteiger partial charge in [0.05, 0.1) is 0 Å². The summed E-state index contributed by atoms with van der Waals surface area (Å²) in [7, 11) is 1.77. The first-order valence-electron chi connectivity index (χ1n) is 6.85. The Morgan fingerprint density at radius 1 is 1.30 bits per heavy atom. The highest BCUT2D eigenvalue weighted by atomic mass is 16.2. The van der Waals surface area contributed by atoms with Gasteiger partial charge in [-0.05, 0) is 36.5 Å². The Labute approximate surface area is 118 Å².